The Morgan fingerprint density at radius 2 is 0.921 bits per heavy atom. The van der Waals surface area contributed by atoms with E-state index in [1.807, 2.05) is 47.7 Å². The number of thiophene rings is 1. The summed E-state index contributed by atoms with van der Waals surface area (Å²) in [4.78, 5) is 15.0. The summed E-state index contributed by atoms with van der Waals surface area (Å²) in [5.74, 6) is 2.03. The molecule has 0 unspecified atom stereocenters. The van der Waals surface area contributed by atoms with E-state index in [9.17, 15) is 0 Å². The molecule has 7 aromatic rings. The predicted molar refractivity (Wildman–Crippen MR) is 159 cm³/mol. The van der Waals surface area contributed by atoms with E-state index in [-0.39, 0.29) is 0 Å². The fourth-order valence-electron chi connectivity index (χ4n) is 5.01. The van der Waals surface area contributed by atoms with E-state index < -0.39 is 0 Å². The number of nitrogens with zero attached hydrogens (tertiary/aromatic N) is 3. The van der Waals surface area contributed by atoms with Crippen LogP contribution in [0.25, 0.3) is 65.5 Å². The van der Waals surface area contributed by atoms with Crippen LogP contribution in [0, 0.1) is 6.92 Å². The second-order valence-corrected chi connectivity index (χ2v) is 10.4. The SMILES string of the molecule is Cc1cccc2sc3cccc(-c4nc(-c5ccccc5)nc(-c5ccc(-c6ccccc6)cc5)n4)c3c12. The summed E-state index contributed by atoms with van der Waals surface area (Å²) >= 11 is 1.81. The number of hydrogen-bond donors (Lipinski definition) is 0. The van der Waals surface area contributed by atoms with Crippen LogP contribution in [0.1, 0.15) is 5.56 Å². The zero-order valence-corrected chi connectivity index (χ0v) is 21.6. The predicted octanol–water partition coefficient (Wildman–Crippen LogP) is 9.22. The molecule has 2 aromatic heterocycles. The van der Waals surface area contributed by atoms with Crippen molar-refractivity contribution in [3.63, 3.8) is 0 Å². The van der Waals surface area contributed by atoms with Gasteiger partial charge in [0.1, 0.15) is 0 Å². The molecule has 0 bridgehead atoms. The normalized spacial score (nSPS) is 11.3. The van der Waals surface area contributed by atoms with E-state index in [0.29, 0.717) is 17.5 Å². The Bertz CT molecular complexity index is 1910. The summed E-state index contributed by atoms with van der Waals surface area (Å²) in [6.07, 6.45) is 0. The van der Waals surface area contributed by atoms with Crippen molar-refractivity contribution >= 4 is 31.5 Å². The van der Waals surface area contributed by atoms with E-state index in [1.54, 1.807) is 0 Å². The average molecular weight is 506 g/mol. The molecule has 180 valence electrons. The lowest BCUT2D eigenvalue weighted by Crippen LogP contribution is -2.00. The van der Waals surface area contributed by atoms with Crippen molar-refractivity contribution in [2.24, 2.45) is 0 Å². The van der Waals surface area contributed by atoms with Crippen LogP contribution in [0.5, 0.6) is 0 Å². The van der Waals surface area contributed by atoms with Gasteiger partial charge in [-0.1, -0.05) is 109 Å². The lowest BCUT2D eigenvalue weighted by molar-refractivity contribution is 1.08. The Morgan fingerprint density at radius 3 is 1.61 bits per heavy atom. The van der Waals surface area contributed by atoms with Gasteiger partial charge >= 0.3 is 0 Å². The topological polar surface area (TPSA) is 38.7 Å². The highest BCUT2D eigenvalue weighted by Crippen LogP contribution is 2.41. The summed E-state index contributed by atoms with van der Waals surface area (Å²) in [6, 6.07) is 41.9. The van der Waals surface area contributed by atoms with Gasteiger partial charge in [0.05, 0.1) is 0 Å². The molecule has 0 amide bonds. The number of aryl methyl sites for hydroxylation is 1. The van der Waals surface area contributed by atoms with E-state index in [1.165, 1.54) is 31.3 Å². The van der Waals surface area contributed by atoms with Crippen LogP contribution in [0.15, 0.2) is 121 Å². The second-order valence-electron chi connectivity index (χ2n) is 9.34. The molecule has 7 rings (SSSR count). The van der Waals surface area contributed by atoms with Crippen LogP contribution in [0.3, 0.4) is 0 Å². The van der Waals surface area contributed by atoms with Crippen molar-refractivity contribution < 1.29 is 0 Å². The van der Waals surface area contributed by atoms with Crippen LogP contribution in [0.2, 0.25) is 0 Å². The number of hydrogen-bond acceptors (Lipinski definition) is 4. The van der Waals surface area contributed by atoms with E-state index >= 15 is 0 Å². The minimum Gasteiger partial charge on any atom is -0.208 e. The van der Waals surface area contributed by atoms with Gasteiger partial charge in [-0.15, -0.1) is 11.3 Å². The molecule has 2 heterocycles. The van der Waals surface area contributed by atoms with E-state index in [4.69, 9.17) is 15.0 Å². The van der Waals surface area contributed by atoms with Gasteiger partial charge in [0.15, 0.2) is 17.5 Å². The summed E-state index contributed by atoms with van der Waals surface area (Å²) in [6.45, 7) is 2.17. The van der Waals surface area contributed by atoms with Gasteiger partial charge < -0.3 is 0 Å². The number of fused-ring (bicyclic) bond motifs is 3. The van der Waals surface area contributed by atoms with Crippen molar-refractivity contribution in [1.82, 2.24) is 15.0 Å². The fourth-order valence-corrected chi connectivity index (χ4v) is 6.22. The van der Waals surface area contributed by atoms with Crippen molar-refractivity contribution in [3.8, 4) is 45.3 Å². The third-order valence-corrected chi connectivity index (χ3v) is 8.01. The maximum atomic E-state index is 5.05. The molecule has 0 aliphatic carbocycles. The molecular weight excluding hydrogens is 482 g/mol. The molecule has 5 aromatic carbocycles. The van der Waals surface area contributed by atoms with Crippen molar-refractivity contribution in [2.45, 2.75) is 6.92 Å². The lowest BCUT2D eigenvalue weighted by atomic mass is 10.0. The maximum Gasteiger partial charge on any atom is 0.164 e. The first-order valence-electron chi connectivity index (χ1n) is 12.6. The monoisotopic (exact) mass is 505 g/mol. The summed E-state index contributed by atoms with van der Waals surface area (Å²) in [7, 11) is 0. The molecule has 0 radical (unpaired) electrons. The third kappa shape index (κ3) is 3.96. The van der Waals surface area contributed by atoms with Gasteiger partial charge in [-0.3, -0.25) is 0 Å². The van der Waals surface area contributed by atoms with E-state index in [2.05, 4.69) is 91.9 Å². The smallest absolute Gasteiger partial charge is 0.164 e. The average Bonchev–Trinajstić information content (AvgIpc) is 3.38. The zero-order chi connectivity index (χ0) is 25.5. The molecule has 38 heavy (non-hydrogen) atoms. The van der Waals surface area contributed by atoms with E-state index in [0.717, 1.165) is 22.3 Å². The van der Waals surface area contributed by atoms with Crippen LogP contribution in [0.4, 0.5) is 0 Å². The minimum absolute atomic E-state index is 0.668. The quantitative estimate of drug-likeness (QED) is 0.239. The third-order valence-electron chi connectivity index (χ3n) is 6.89. The molecule has 4 heteroatoms. The highest BCUT2D eigenvalue weighted by Gasteiger charge is 2.17. The first-order chi connectivity index (χ1) is 18.7. The first kappa shape index (κ1) is 22.5. The second kappa shape index (κ2) is 9.33. The Hall–Kier alpha value is -4.67. The molecule has 3 nitrogen and oxygen atoms in total. The molecule has 0 N–H and O–H groups in total. The van der Waals surface area contributed by atoms with Crippen LogP contribution in [-0.2, 0) is 0 Å². The van der Waals surface area contributed by atoms with Gasteiger partial charge in [-0.25, -0.2) is 15.0 Å². The standard InChI is InChI=1S/C34H23N3S/c1-22-10-8-16-28-30(22)31-27(15-9-17-29(31)38-28)34-36-32(25-13-6-3-7-14-25)35-33(37-34)26-20-18-24(19-21-26)23-11-4-2-5-12-23/h2-21H,1H3. The minimum atomic E-state index is 0.668. The van der Waals surface area contributed by atoms with Crippen LogP contribution in [-0.4, -0.2) is 15.0 Å². The van der Waals surface area contributed by atoms with Crippen LogP contribution < -0.4 is 0 Å². The van der Waals surface area contributed by atoms with Crippen molar-refractivity contribution in [2.75, 3.05) is 0 Å². The first-order valence-corrected chi connectivity index (χ1v) is 13.4. The highest BCUT2D eigenvalue weighted by molar-refractivity contribution is 7.26. The van der Waals surface area contributed by atoms with Gasteiger partial charge in [0, 0.05) is 36.9 Å². The number of rotatable bonds is 4. The lowest BCUT2D eigenvalue weighted by Gasteiger charge is -2.10. The summed E-state index contributed by atoms with van der Waals surface area (Å²) < 4.78 is 2.52. The van der Waals surface area contributed by atoms with Crippen molar-refractivity contribution in [1.29, 1.82) is 0 Å². The van der Waals surface area contributed by atoms with Crippen LogP contribution >= 0.6 is 11.3 Å². The largest absolute Gasteiger partial charge is 0.208 e. The Balaban J connectivity index is 1.44. The van der Waals surface area contributed by atoms with Gasteiger partial charge in [0.25, 0.3) is 0 Å². The Labute approximate surface area is 225 Å². The highest BCUT2D eigenvalue weighted by atomic mass is 32.1. The summed E-state index contributed by atoms with van der Waals surface area (Å²) in [5.41, 5.74) is 6.57. The summed E-state index contributed by atoms with van der Waals surface area (Å²) in [5, 5.41) is 2.49. The Kier molecular flexibility index (Phi) is 5.53. The van der Waals surface area contributed by atoms with Gasteiger partial charge in [-0.05, 0) is 35.7 Å². The van der Waals surface area contributed by atoms with Gasteiger partial charge in [-0.2, -0.15) is 0 Å². The number of benzene rings is 5. The molecular formula is C34H23N3S. The molecule has 0 saturated heterocycles. The molecule has 0 aliphatic heterocycles. The molecule has 0 saturated carbocycles. The zero-order valence-electron chi connectivity index (χ0n) is 20.8. The Morgan fingerprint density at radius 1 is 0.421 bits per heavy atom. The van der Waals surface area contributed by atoms with Crippen molar-refractivity contribution in [3.05, 3.63) is 127 Å². The molecule has 0 spiro atoms. The fraction of sp³-hybridized carbons (Fsp3) is 0.0294. The molecule has 0 atom stereocenters. The van der Waals surface area contributed by atoms with Gasteiger partial charge in [0.2, 0.25) is 0 Å². The molecule has 0 aliphatic rings. The maximum absolute atomic E-state index is 5.05. The molecule has 0 fully saturated rings. The number of aromatic nitrogens is 3.